The fourth-order valence-electron chi connectivity index (χ4n) is 2.55. The Morgan fingerprint density at radius 1 is 1.33 bits per heavy atom. The van der Waals surface area contributed by atoms with E-state index in [1.54, 1.807) is 0 Å². The van der Waals surface area contributed by atoms with Crippen molar-refractivity contribution < 1.29 is 0 Å². The zero-order chi connectivity index (χ0) is 10.9. The van der Waals surface area contributed by atoms with E-state index < -0.39 is 0 Å². The third kappa shape index (κ3) is 1.77. The second-order valence-electron chi connectivity index (χ2n) is 5.34. The van der Waals surface area contributed by atoms with Crippen LogP contribution in [-0.4, -0.2) is 36.6 Å². The molecule has 1 aliphatic heterocycles. The second-order valence-corrected chi connectivity index (χ2v) is 5.34. The molecular weight excluding hydrogens is 186 g/mol. The van der Waals surface area contributed by atoms with Crippen LogP contribution in [0, 0.1) is 16.7 Å². The van der Waals surface area contributed by atoms with Crippen LogP contribution < -0.4 is 5.32 Å². The SMILES string of the molecule is CC1(C(C)(C#N)N2CCCNCC2)CC1. The molecular formula is C12H21N3. The highest BCUT2D eigenvalue weighted by Gasteiger charge is 2.56. The molecule has 1 aliphatic carbocycles. The molecule has 0 aromatic carbocycles. The van der Waals surface area contributed by atoms with Gasteiger partial charge in [-0.2, -0.15) is 5.26 Å². The van der Waals surface area contributed by atoms with Crippen molar-refractivity contribution in [2.75, 3.05) is 26.2 Å². The van der Waals surface area contributed by atoms with Crippen molar-refractivity contribution in [2.24, 2.45) is 5.41 Å². The quantitative estimate of drug-likeness (QED) is 0.743. The van der Waals surface area contributed by atoms with Gasteiger partial charge in [-0.05, 0) is 38.1 Å². The molecule has 1 saturated heterocycles. The molecule has 2 rings (SSSR count). The van der Waals surface area contributed by atoms with E-state index in [0.29, 0.717) is 0 Å². The molecule has 2 aliphatic rings. The predicted octanol–water partition coefficient (Wildman–Crippen LogP) is 1.36. The van der Waals surface area contributed by atoms with Crippen LogP contribution >= 0.6 is 0 Å². The van der Waals surface area contributed by atoms with Crippen LogP contribution in [0.25, 0.3) is 0 Å². The first-order chi connectivity index (χ1) is 7.12. The number of nitrogens with one attached hydrogen (secondary N) is 1. The van der Waals surface area contributed by atoms with Crippen molar-refractivity contribution in [3.05, 3.63) is 0 Å². The lowest BCUT2D eigenvalue weighted by molar-refractivity contribution is 0.0966. The Balaban J connectivity index is 2.14. The molecule has 3 nitrogen and oxygen atoms in total. The number of nitrogens with zero attached hydrogens (tertiary/aromatic N) is 2. The van der Waals surface area contributed by atoms with E-state index in [2.05, 4.69) is 30.1 Å². The highest BCUT2D eigenvalue weighted by atomic mass is 15.2. The van der Waals surface area contributed by atoms with E-state index in [0.717, 1.165) is 32.6 Å². The van der Waals surface area contributed by atoms with Gasteiger partial charge in [-0.1, -0.05) is 6.92 Å². The molecule has 15 heavy (non-hydrogen) atoms. The summed E-state index contributed by atoms with van der Waals surface area (Å²) in [6.45, 7) is 8.58. The summed E-state index contributed by atoms with van der Waals surface area (Å²) in [6.07, 6.45) is 3.58. The Morgan fingerprint density at radius 3 is 2.67 bits per heavy atom. The van der Waals surface area contributed by atoms with Gasteiger partial charge in [-0.25, -0.2) is 0 Å². The number of nitriles is 1. The topological polar surface area (TPSA) is 39.1 Å². The zero-order valence-electron chi connectivity index (χ0n) is 9.84. The number of hydrogen-bond acceptors (Lipinski definition) is 3. The van der Waals surface area contributed by atoms with Gasteiger partial charge in [0.2, 0.25) is 0 Å². The van der Waals surface area contributed by atoms with E-state index in [1.807, 2.05) is 0 Å². The maximum Gasteiger partial charge on any atom is 0.111 e. The smallest absolute Gasteiger partial charge is 0.111 e. The highest BCUT2D eigenvalue weighted by Crippen LogP contribution is 2.55. The zero-order valence-corrected chi connectivity index (χ0v) is 9.84. The molecule has 0 aromatic rings. The van der Waals surface area contributed by atoms with Crippen LogP contribution in [0.2, 0.25) is 0 Å². The molecule has 0 aromatic heterocycles. The van der Waals surface area contributed by atoms with Crippen molar-refractivity contribution in [3.8, 4) is 6.07 Å². The summed E-state index contributed by atoms with van der Waals surface area (Å²) in [5.74, 6) is 0. The summed E-state index contributed by atoms with van der Waals surface area (Å²) in [4.78, 5) is 2.39. The lowest BCUT2D eigenvalue weighted by Crippen LogP contribution is -2.52. The molecule has 2 fully saturated rings. The van der Waals surface area contributed by atoms with Gasteiger partial charge < -0.3 is 5.32 Å². The first kappa shape index (κ1) is 10.9. The van der Waals surface area contributed by atoms with Gasteiger partial charge in [0.05, 0.1) is 6.07 Å². The third-order valence-corrected chi connectivity index (χ3v) is 4.37. The lowest BCUT2D eigenvalue weighted by Gasteiger charge is -2.40. The third-order valence-electron chi connectivity index (χ3n) is 4.37. The molecule has 3 heteroatoms. The molecule has 1 atom stereocenters. The minimum atomic E-state index is -0.251. The standard InChI is InChI=1S/C12H21N3/c1-11(4-5-11)12(2,10-13)15-8-3-6-14-7-9-15/h14H,3-9H2,1-2H3. The molecule has 0 bridgehead atoms. The molecule has 1 saturated carbocycles. The van der Waals surface area contributed by atoms with Crippen LogP contribution in [0.15, 0.2) is 0 Å². The van der Waals surface area contributed by atoms with Crippen molar-refractivity contribution in [3.63, 3.8) is 0 Å². The maximum atomic E-state index is 9.49. The molecule has 1 N–H and O–H groups in total. The summed E-state index contributed by atoms with van der Waals surface area (Å²) < 4.78 is 0. The normalized spacial score (nSPS) is 29.9. The van der Waals surface area contributed by atoms with Crippen molar-refractivity contribution in [2.45, 2.75) is 38.6 Å². The van der Waals surface area contributed by atoms with Gasteiger partial charge in [-0.3, -0.25) is 4.90 Å². The van der Waals surface area contributed by atoms with E-state index >= 15 is 0 Å². The van der Waals surface area contributed by atoms with Gasteiger partial charge >= 0.3 is 0 Å². The van der Waals surface area contributed by atoms with E-state index in [9.17, 15) is 5.26 Å². The number of rotatable bonds is 2. The van der Waals surface area contributed by atoms with E-state index in [1.165, 1.54) is 12.8 Å². The van der Waals surface area contributed by atoms with Crippen LogP contribution in [-0.2, 0) is 0 Å². The monoisotopic (exact) mass is 207 g/mol. The maximum absolute atomic E-state index is 9.49. The van der Waals surface area contributed by atoms with E-state index in [4.69, 9.17) is 0 Å². The second kappa shape index (κ2) is 3.77. The Hall–Kier alpha value is -0.590. The van der Waals surface area contributed by atoms with Crippen LogP contribution in [0.5, 0.6) is 0 Å². The van der Waals surface area contributed by atoms with Crippen LogP contribution in [0.3, 0.4) is 0 Å². The average Bonchev–Trinajstić information content (AvgIpc) is 3.01. The minimum Gasteiger partial charge on any atom is -0.315 e. The van der Waals surface area contributed by atoms with Crippen LogP contribution in [0.1, 0.15) is 33.1 Å². The van der Waals surface area contributed by atoms with Crippen molar-refractivity contribution >= 4 is 0 Å². The molecule has 0 radical (unpaired) electrons. The Kier molecular flexibility index (Phi) is 2.74. The van der Waals surface area contributed by atoms with Gasteiger partial charge in [0, 0.05) is 19.6 Å². The Morgan fingerprint density at radius 2 is 2.07 bits per heavy atom. The Labute approximate surface area is 92.4 Å². The van der Waals surface area contributed by atoms with Crippen LogP contribution in [0.4, 0.5) is 0 Å². The van der Waals surface area contributed by atoms with Crippen molar-refractivity contribution in [1.29, 1.82) is 5.26 Å². The average molecular weight is 207 g/mol. The lowest BCUT2D eigenvalue weighted by atomic mass is 9.83. The summed E-state index contributed by atoms with van der Waals surface area (Å²) in [5, 5.41) is 12.9. The summed E-state index contributed by atoms with van der Waals surface area (Å²) in [6, 6.07) is 2.58. The fourth-order valence-corrected chi connectivity index (χ4v) is 2.55. The molecule has 1 unspecified atom stereocenters. The summed E-state index contributed by atoms with van der Waals surface area (Å²) >= 11 is 0. The fraction of sp³-hybridized carbons (Fsp3) is 0.917. The first-order valence-corrected chi connectivity index (χ1v) is 5.99. The van der Waals surface area contributed by atoms with Gasteiger partial charge in [-0.15, -0.1) is 0 Å². The summed E-state index contributed by atoms with van der Waals surface area (Å²) in [5.41, 5.74) is -0.00882. The van der Waals surface area contributed by atoms with Gasteiger partial charge in [0.25, 0.3) is 0 Å². The molecule has 1 heterocycles. The van der Waals surface area contributed by atoms with Gasteiger partial charge in [0.1, 0.15) is 5.54 Å². The summed E-state index contributed by atoms with van der Waals surface area (Å²) in [7, 11) is 0. The highest BCUT2D eigenvalue weighted by molar-refractivity contribution is 5.20. The minimum absolute atomic E-state index is 0.242. The molecule has 0 amide bonds. The largest absolute Gasteiger partial charge is 0.315 e. The van der Waals surface area contributed by atoms with Crippen molar-refractivity contribution in [1.82, 2.24) is 10.2 Å². The predicted molar refractivity (Wildman–Crippen MR) is 60.4 cm³/mol. The van der Waals surface area contributed by atoms with E-state index in [-0.39, 0.29) is 11.0 Å². The number of hydrogen-bond donors (Lipinski definition) is 1. The Bertz CT molecular complexity index is 269. The van der Waals surface area contributed by atoms with Gasteiger partial charge in [0.15, 0.2) is 0 Å². The molecule has 0 spiro atoms. The molecule has 84 valence electrons. The first-order valence-electron chi connectivity index (χ1n) is 5.99.